The molecule has 7 heteroatoms. The number of pyridine rings is 1. The van der Waals surface area contributed by atoms with Crippen LogP contribution in [0.25, 0.3) is 0 Å². The van der Waals surface area contributed by atoms with Gasteiger partial charge in [-0.05, 0) is 32.0 Å². The molecule has 1 aromatic carbocycles. The Balaban J connectivity index is 1.67. The lowest BCUT2D eigenvalue weighted by Gasteiger charge is -2.35. The first-order valence-electron chi connectivity index (χ1n) is 8.11. The molecule has 3 rings (SSSR count). The van der Waals surface area contributed by atoms with E-state index in [2.05, 4.69) is 10.3 Å². The molecular formula is C18H20ClN3O3. The molecule has 0 bridgehead atoms. The van der Waals surface area contributed by atoms with Gasteiger partial charge in [-0.2, -0.15) is 0 Å². The number of carbonyl (C=O) groups excluding carboxylic acids is 1. The monoisotopic (exact) mass is 361 g/mol. The fourth-order valence-electron chi connectivity index (χ4n) is 2.73. The molecule has 0 saturated carbocycles. The van der Waals surface area contributed by atoms with Crippen LogP contribution in [0.3, 0.4) is 0 Å². The van der Waals surface area contributed by atoms with Gasteiger partial charge in [0.25, 0.3) is 0 Å². The van der Waals surface area contributed by atoms with Crippen LogP contribution in [0, 0.1) is 0 Å². The highest BCUT2D eigenvalue weighted by atomic mass is 35.5. The quantitative estimate of drug-likeness (QED) is 0.891. The summed E-state index contributed by atoms with van der Waals surface area (Å²) in [5, 5.41) is 3.37. The Kier molecular flexibility index (Phi) is 5.40. The number of para-hydroxylation sites is 1. The lowest BCUT2D eigenvalue weighted by Crippen LogP contribution is -2.49. The van der Waals surface area contributed by atoms with Crippen molar-refractivity contribution in [2.75, 3.05) is 18.4 Å². The summed E-state index contributed by atoms with van der Waals surface area (Å²) < 4.78 is 11.3. The second kappa shape index (κ2) is 7.72. The third kappa shape index (κ3) is 4.61. The molecule has 0 unspecified atom stereocenters. The molecule has 25 heavy (non-hydrogen) atoms. The molecule has 0 aliphatic carbocycles. The lowest BCUT2D eigenvalue weighted by atomic mass is 10.2. The number of nitrogens with one attached hydrogen (secondary N) is 1. The highest BCUT2D eigenvalue weighted by molar-refractivity contribution is 6.32. The number of nitrogens with zero attached hydrogens (tertiary/aromatic N) is 2. The Morgan fingerprint density at radius 3 is 2.72 bits per heavy atom. The van der Waals surface area contributed by atoms with Crippen molar-refractivity contribution in [1.29, 1.82) is 0 Å². The average molecular weight is 362 g/mol. The number of hydrogen-bond donors (Lipinski definition) is 1. The predicted octanol–water partition coefficient (Wildman–Crippen LogP) is 4.17. The Bertz CT molecular complexity index is 746. The van der Waals surface area contributed by atoms with Crippen molar-refractivity contribution >= 4 is 23.3 Å². The summed E-state index contributed by atoms with van der Waals surface area (Å²) in [4.78, 5) is 18.4. The van der Waals surface area contributed by atoms with Crippen LogP contribution >= 0.6 is 11.6 Å². The molecule has 0 spiro atoms. The fourth-order valence-corrected chi connectivity index (χ4v) is 2.90. The van der Waals surface area contributed by atoms with Crippen LogP contribution in [-0.2, 0) is 4.74 Å². The second-order valence-corrected chi connectivity index (χ2v) is 6.41. The number of amides is 2. The van der Waals surface area contributed by atoms with Crippen molar-refractivity contribution in [1.82, 2.24) is 9.88 Å². The minimum Gasteiger partial charge on any atom is -0.437 e. The van der Waals surface area contributed by atoms with E-state index in [0.29, 0.717) is 35.4 Å². The maximum absolute atomic E-state index is 12.5. The van der Waals surface area contributed by atoms with Gasteiger partial charge in [0, 0.05) is 31.0 Å². The van der Waals surface area contributed by atoms with Gasteiger partial charge >= 0.3 is 6.03 Å². The van der Waals surface area contributed by atoms with Crippen LogP contribution in [0.2, 0.25) is 5.02 Å². The van der Waals surface area contributed by atoms with E-state index in [1.165, 1.54) is 0 Å². The van der Waals surface area contributed by atoms with E-state index in [9.17, 15) is 4.79 Å². The Morgan fingerprint density at radius 2 is 2.00 bits per heavy atom. The van der Waals surface area contributed by atoms with Crippen molar-refractivity contribution in [3.63, 3.8) is 0 Å². The summed E-state index contributed by atoms with van der Waals surface area (Å²) in [5.41, 5.74) is 0.605. The molecule has 2 atom stereocenters. The minimum absolute atomic E-state index is 0.0195. The molecule has 132 valence electrons. The number of carbonyl (C=O) groups is 1. The van der Waals surface area contributed by atoms with Gasteiger partial charge in [0.2, 0.25) is 5.88 Å². The Hall–Kier alpha value is -2.31. The summed E-state index contributed by atoms with van der Waals surface area (Å²) in [6, 6.07) is 10.3. The van der Waals surface area contributed by atoms with E-state index in [0.717, 1.165) is 0 Å². The first-order valence-corrected chi connectivity index (χ1v) is 8.49. The number of halogens is 1. The van der Waals surface area contributed by atoms with Gasteiger partial charge in [-0.1, -0.05) is 23.7 Å². The molecule has 1 aliphatic rings. The summed E-state index contributed by atoms with van der Waals surface area (Å²) in [7, 11) is 0. The van der Waals surface area contributed by atoms with Gasteiger partial charge in [0.15, 0.2) is 0 Å². The van der Waals surface area contributed by atoms with Gasteiger partial charge in [0.05, 0.1) is 17.2 Å². The zero-order valence-electron chi connectivity index (χ0n) is 14.1. The number of aromatic nitrogens is 1. The van der Waals surface area contributed by atoms with Crippen LogP contribution < -0.4 is 10.1 Å². The number of morpholine rings is 1. The molecule has 1 fully saturated rings. The largest absolute Gasteiger partial charge is 0.437 e. The van der Waals surface area contributed by atoms with Gasteiger partial charge in [-0.25, -0.2) is 9.78 Å². The predicted molar refractivity (Wildman–Crippen MR) is 96.4 cm³/mol. The van der Waals surface area contributed by atoms with Crippen molar-refractivity contribution in [2.24, 2.45) is 0 Å². The SMILES string of the molecule is C[C@@H]1CN(C(=O)Nc2ccnc(Oc3ccccc3Cl)c2)C[C@H](C)O1. The maximum atomic E-state index is 12.5. The van der Waals surface area contributed by atoms with Gasteiger partial charge < -0.3 is 19.7 Å². The van der Waals surface area contributed by atoms with Crippen molar-refractivity contribution in [3.8, 4) is 11.6 Å². The highest BCUT2D eigenvalue weighted by Gasteiger charge is 2.25. The Labute approximate surface area is 151 Å². The fraction of sp³-hybridized carbons (Fsp3) is 0.333. The van der Waals surface area contributed by atoms with Crippen molar-refractivity contribution < 1.29 is 14.3 Å². The molecule has 0 radical (unpaired) electrons. The zero-order valence-corrected chi connectivity index (χ0v) is 14.9. The topological polar surface area (TPSA) is 63.7 Å². The molecule has 1 N–H and O–H groups in total. The smallest absolute Gasteiger partial charge is 0.322 e. The standard InChI is InChI=1S/C18H20ClN3O3/c1-12-10-22(11-13(2)24-12)18(23)21-14-7-8-20-17(9-14)25-16-6-4-3-5-15(16)19/h3-9,12-13H,10-11H2,1-2H3,(H,20,21,23)/t12-,13+. The van der Waals surface area contributed by atoms with Crippen LogP contribution in [0.15, 0.2) is 42.6 Å². The number of ether oxygens (including phenoxy) is 2. The van der Waals surface area contributed by atoms with Gasteiger partial charge in [0.1, 0.15) is 5.75 Å². The van der Waals surface area contributed by atoms with Crippen LogP contribution in [0.5, 0.6) is 11.6 Å². The molecule has 6 nitrogen and oxygen atoms in total. The van der Waals surface area contributed by atoms with Gasteiger partial charge in [-0.3, -0.25) is 0 Å². The third-order valence-electron chi connectivity index (χ3n) is 3.74. The number of hydrogen-bond acceptors (Lipinski definition) is 4. The van der Waals surface area contributed by atoms with E-state index >= 15 is 0 Å². The van der Waals surface area contributed by atoms with E-state index < -0.39 is 0 Å². The summed E-state index contributed by atoms with van der Waals surface area (Å²) in [6.07, 6.45) is 1.61. The maximum Gasteiger partial charge on any atom is 0.322 e. The van der Waals surface area contributed by atoms with E-state index in [1.54, 1.807) is 35.4 Å². The third-order valence-corrected chi connectivity index (χ3v) is 4.06. The lowest BCUT2D eigenvalue weighted by molar-refractivity contribution is -0.0530. The highest BCUT2D eigenvalue weighted by Crippen LogP contribution is 2.28. The molecule has 1 saturated heterocycles. The molecule has 1 aromatic heterocycles. The van der Waals surface area contributed by atoms with Crippen LogP contribution in [0.4, 0.5) is 10.5 Å². The normalized spacial score (nSPS) is 20.2. The number of anilines is 1. The second-order valence-electron chi connectivity index (χ2n) is 6.01. The Morgan fingerprint density at radius 1 is 1.28 bits per heavy atom. The first kappa shape index (κ1) is 17.5. The number of rotatable bonds is 3. The van der Waals surface area contributed by atoms with E-state index in [4.69, 9.17) is 21.1 Å². The van der Waals surface area contributed by atoms with E-state index in [1.807, 2.05) is 26.0 Å². The van der Waals surface area contributed by atoms with Crippen molar-refractivity contribution in [3.05, 3.63) is 47.6 Å². The molecule has 2 heterocycles. The summed E-state index contributed by atoms with van der Waals surface area (Å²) >= 11 is 6.09. The number of urea groups is 1. The van der Waals surface area contributed by atoms with Crippen LogP contribution in [-0.4, -0.2) is 41.2 Å². The first-order chi connectivity index (χ1) is 12.0. The van der Waals surface area contributed by atoms with Crippen molar-refractivity contribution in [2.45, 2.75) is 26.1 Å². The summed E-state index contributed by atoms with van der Waals surface area (Å²) in [5.74, 6) is 0.866. The molecule has 2 amide bonds. The minimum atomic E-state index is -0.170. The summed E-state index contributed by atoms with van der Waals surface area (Å²) in [6.45, 7) is 5.03. The van der Waals surface area contributed by atoms with E-state index in [-0.39, 0.29) is 18.2 Å². The zero-order chi connectivity index (χ0) is 17.8. The van der Waals surface area contributed by atoms with Gasteiger partial charge in [-0.15, -0.1) is 0 Å². The average Bonchev–Trinajstić information content (AvgIpc) is 2.56. The van der Waals surface area contributed by atoms with Crippen LogP contribution in [0.1, 0.15) is 13.8 Å². The molecule has 1 aliphatic heterocycles. The number of benzene rings is 1. The molecular weight excluding hydrogens is 342 g/mol. The molecule has 2 aromatic rings.